The van der Waals surface area contributed by atoms with Gasteiger partial charge >= 0.3 is 0 Å². The Balaban J connectivity index is 1.80. The topological polar surface area (TPSA) is 108 Å². The van der Waals surface area contributed by atoms with Crippen LogP contribution < -0.4 is 13.8 Å². The predicted octanol–water partition coefficient (Wildman–Crippen LogP) is 1.29. The van der Waals surface area contributed by atoms with Crippen LogP contribution in [0.1, 0.15) is 13.8 Å². The van der Waals surface area contributed by atoms with Gasteiger partial charge in [-0.1, -0.05) is 13.8 Å². The Morgan fingerprint density at radius 3 is 2.61 bits per heavy atom. The molecule has 1 aromatic heterocycles. The molecule has 28 heavy (non-hydrogen) atoms. The number of sulfone groups is 1. The second-order valence-corrected chi connectivity index (χ2v) is 11.6. The smallest absolute Gasteiger partial charge is 0.271 e. The number of ether oxygens (including phenoxy) is 2. The van der Waals surface area contributed by atoms with E-state index in [4.69, 9.17) is 9.47 Å². The van der Waals surface area contributed by atoms with Crippen molar-refractivity contribution in [3.63, 3.8) is 0 Å². The first-order valence-electron chi connectivity index (χ1n) is 8.67. The van der Waals surface area contributed by atoms with Gasteiger partial charge in [-0.3, -0.25) is 4.31 Å². The molecular formula is C17H21N3O6S2. The molecule has 0 unspecified atom stereocenters. The van der Waals surface area contributed by atoms with Crippen molar-refractivity contribution in [3.05, 3.63) is 24.4 Å². The predicted molar refractivity (Wildman–Crippen MR) is 101 cm³/mol. The lowest BCUT2D eigenvalue weighted by atomic mass is 9.94. The molecule has 0 atom stereocenters. The molecule has 9 nitrogen and oxygen atoms in total. The van der Waals surface area contributed by atoms with E-state index in [2.05, 4.69) is 5.10 Å². The number of anilines is 1. The fourth-order valence-electron chi connectivity index (χ4n) is 3.28. The van der Waals surface area contributed by atoms with Crippen molar-refractivity contribution in [3.8, 4) is 11.6 Å². The molecule has 0 N–H and O–H groups in total. The third-order valence-corrected chi connectivity index (χ3v) is 7.59. The van der Waals surface area contributed by atoms with Crippen molar-refractivity contribution in [1.29, 1.82) is 0 Å². The van der Waals surface area contributed by atoms with Crippen LogP contribution in [0.4, 0.5) is 5.69 Å². The van der Waals surface area contributed by atoms with E-state index in [1.54, 1.807) is 4.68 Å². The van der Waals surface area contributed by atoms with Gasteiger partial charge in [-0.05, 0) is 18.2 Å². The molecule has 4 rings (SSSR count). The zero-order valence-electron chi connectivity index (χ0n) is 15.7. The first kappa shape index (κ1) is 19.1. The molecule has 0 spiro atoms. The van der Waals surface area contributed by atoms with Crippen LogP contribution in [0.2, 0.25) is 0 Å². The molecule has 0 aliphatic carbocycles. The van der Waals surface area contributed by atoms with Crippen LogP contribution in [0.25, 0.3) is 0 Å². The minimum Gasteiger partial charge on any atom is -0.489 e. The van der Waals surface area contributed by atoms with E-state index in [0.717, 1.165) is 10.6 Å². The molecule has 2 aliphatic heterocycles. The van der Waals surface area contributed by atoms with Crippen molar-refractivity contribution in [2.45, 2.75) is 30.2 Å². The second-order valence-electron chi connectivity index (χ2n) is 7.75. The molecule has 0 bridgehead atoms. The van der Waals surface area contributed by atoms with E-state index < -0.39 is 19.9 Å². The molecule has 0 saturated carbocycles. The van der Waals surface area contributed by atoms with Gasteiger partial charge in [0, 0.05) is 11.7 Å². The second kappa shape index (κ2) is 6.11. The average Bonchev–Trinajstić information content (AvgIpc) is 3.02. The number of hydrogen-bond acceptors (Lipinski definition) is 7. The molecule has 2 aromatic rings. The zero-order valence-corrected chi connectivity index (χ0v) is 17.4. The average molecular weight is 428 g/mol. The van der Waals surface area contributed by atoms with Crippen LogP contribution in [0.5, 0.6) is 11.6 Å². The maximum absolute atomic E-state index is 13.4. The lowest BCUT2D eigenvalue weighted by molar-refractivity contribution is 0.0971. The minimum absolute atomic E-state index is 0.0204. The Hall–Kier alpha value is -2.27. The van der Waals surface area contributed by atoms with Gasteiger partial charge in [-0.2, -0.15) is 5.10 Å². The summed E-state index contributed by atoms with van der Waals surface area (Å²) in [5.41, 5.74) is 0.0287. The molecule has 0 fully saturated rings. The number of aromatic nitrogens is 2. The number of nitrogens with zero attached hydrogens (tertiary/aromatic N) is 3. The quantitative estimate of drug-likeness (QED) is 0.726. The van der Waals surface area contributed by atoms with E-state index in [1.165, 1.54) is 24.4 Å². The summed E-state index contributed by atoms with van der Waals surface area (Å²) in [7, 11) is -7.53. The molecule has 152 valence electrons. The molecule has 1 aromatic carbocycles. The Morgan fingerprint density at radius 1 is 1.14 bits per heavy atom. The van der Waals surface area contributed by atoms with Gasteiger partial charge < -0.3 is 9.47 Å². The van der Waals surface area contributed by atoms with Gasteiger partial charge in [-0.15, -0.1) is 0 Å². The lowest BCUT2D eigenvalue weighted by Gasteiger charge is -2.32. The van der Waals surface area contributed by atoms with Gasteiger partial charge in [0.25, 0.3) is 10.0 Å². The van der Waals surface area contributed by atoms with Gasteiger partial charge in [0.1, 0.15) is 12.4 Å². The van der Waals surface area contributed by atoms with Gasteiger partial charge in [0.2, 0.25) is 5.88 Å². The van der Waals surface area contributed by atoms with Crippen LogP contribution in [0, 0.1) is 5.41 Å². The van der Waals surface area contributed by atoms with Crippen molar-refractivity contribution >= 4 is 25.5 Å². The molecule has 2 aliphatic rings. The van der Waals surface area contributed by atoms with E-state index in [0.29, 0.717) is 18.9 Å². The summed E-state index contributed by atoms with van der Waals surface area (Å²) in [4.78, 5) is -0.0207. The Morgan fingerprint density at radius 2 is 1.89 bits per heavy atom. The van der Waals surface area contributed by atoms with Crippen molar-refractivity contribution in [1.82, 2.24) is 9.78 Å². The summed E-state index contributed by atoms with van der Waals surface area (Å²) >= 11 is 0. The SMILES string of the molecule is CC1(C)COc2c(S(=O)(=O)N3CCOc4ccc(S(C)(=O)=O)cc43)cnn2C1. The molecule has 0 amide bonds. The summed E-state index contributed by atoms with van der Waals surface area (Å²) in [6, 6.07) is 4.19. The van der Waals surface area contributed by atoms with E-state index >= 15 is 0 Å². The standard InChI is InChI=1S/C17H21N3O6S2/c1-17(2)10-19-16(26-11-17)15(9-18-19)28(23,24)20-6-7-25-14-5-4-12(8-13(14)20)27(3,21)22/h4-5,8-9H,6-7,10-11H2,1-3H3. The summed E-state index contributed by atoms with van der Waals surface area (Å²) in [5, 5.41) is 4.18. The fourth-order valence-corrected chi connectivity index (χ4v) is 5.44. The summed E-state index contributed by atoms with van der Waals surface area (Å²) in [6.07, 6.45) is 2.35. The lowest BCUT2D eigenvalue weighted by Crippen LogP contribution is -2.39. The highest BCUT2D eigenvalue weighted by Gasteiger charge is 2.38. The Labute approximate surface area is 163 Å². The van der Waals surface area contributed by atoms with Gasteiger partial charge in [-0.25, -0.2) is 21.5 Å². The third kappa shape index (κ3) is 3.12. The molecule has 0 radical (unpaired) electrons. The largest absolute Gasteiger partial charge is 0.489 e. The van der Waals surface area contributed by atoms with Crippen molar-refractivity contribution < 1.29 is 26.3 Å². The maximum atomic E-state index is 13.4. The zero-order chi connectivity index (χ0) is 20.3. The fraction of sp³-hybridized carbons (Fsp3) is 0.471. The minimum atomic E-state index is -4.02. The van der Waals surface area contributed by atoms with E-state index in [-0.39, 0.29) is 39.9 Å². The Kier molecular flexibility index (Phi) is 4.16. The van der Waals surface area contributed by atoms with Crippen LogP contribution in [0.3, 0.4) is 0 Å². The molecule has 11 heteroatoms. The van der Waals surface area contributed by atoms with E-state index in [9.17, 15) is 16.8 Å². The van der Waals surface area contributed by atoms with E-state index in [1.807, 2.05) is 13.8 Å². The molecule has 0 saturated heterocycles. The first-order valence-corrected chi connectivity index (χ1v) is 12.0. The first-order chi connectivity index (χ1) is 13.0. The van der Waals surface area contributed by atoms with Crippen LogP contribution in [-0.4, -0.2) is 52.6 Å². The summed E-state index contributed by atoms with van der Waals surface area (Å²) < 4.78 is 64.6. The number of hydrogen-bond donors (Lipinski definition) is 0. The maximum Gasteiger partial charge on any atom is 0.271 e. The summed E-state index contributed by atoms with van der Waals surface area (Å²) in [6.45, 7) is 5.14. The molecular weight excluding hydrogens is 406 g/mol. The van der Waals surface area contributed by atoms with Gasteiger partial charge in [0.15, 0.2) is 14.7 Å². The number of sulfonamides is 1. The summed E-state index contributed by atoms with van der Waals surface area (Å²) in [5.74, 6) is 0.511. The van der Waals surface area contributed by atoms with Crippen LogP contribution >= 0.6 is 0 Å². The number of fused-ring (bicyclic) bond motifs is 2. The van der Waals surface area contributed by atoms with Crippen LogP contribution in [0.15, 0.2) is 34.2 Å². The normalized spacial score (nSPS) is 18.6. The molecule has 3 heterocycles. The number of benzene rings is 1. The van der Waals surface area contributed by atoms with Gasteiger partial charge in [0.05, 0.1) is 36.5 Å². The highest BCUT2D eigenvalue weighted by molar-refractivity contribution is 7.93. The number of rotatable bonds is 3. The highest BCUT2D eigenvalue weighted by Crippen LogP contribution is 2.40. The van der Waals surface area contributed by atoms with Crippen molar-refractivity contribution in [2.75, 3.05) is 30.3 Å². The Bertz CT molecular complexity index is 1150. The van der Waals surface area contributed by atoms with Crippen molar-refractivity contribution in [2.24, 2.45) is 5.41 Å². The monoisotopic (exact) mass is 427 g/mol. The highest BCUT2D eigenvalue weighted by atomic mass is 32.2. The van der Waals surface area contributed by atoms with Crippen LogP contribution in [-0.2, 0) is 26.4 Å². The third-order valence-electron chi connectivity index (χ3n) is 4.68.